The van der Waals surface area contributed by atoms with Crippen molar-refractivity contribution in [2.45, 2.75) is 18.9 Å². The van der Waals surface area contributed by atoms with Crippen molar-refractivity contribution in [3.63, 3.8) is 0 Å². The van der Waals surface area contributed by atoms with Gasteiger partial charge >= 0.3 is 0 Å². The number of hydrogen-bond acceptors (Lipinski definition) is 4. The summed E-state index contributed by atoms with van der Waals surface area (Å²) in [6.45, 7) is 2.82. The summed E-state index contributed by atoms with van der Waals surface area (Å²) in [5.41, 5.74) is 3.56. The first-order valence-corrected chi connectivity index (χ1v) is 8.27. The lowest BCUT2D eigenvalue weighted by molar-refractivity contribution is 0.210. The Morgan fingerprint density at radius 1 is 1.13 bits per heavy atom. The third-order valence-electron chi connectivity index (χ3n) is 4.06. The second-order valence-corrected chi connectivity index (χ2v) is 5.81. The Labute approximate surface area is 137 Å². The zero-order valence-corrected chi connectivity index (χ0v) is 13.3. The zero-order valence-electron chi connectivity index (χ0n) is 13.3. The molecule has 122 valence electrons. The fourth-order valence-corrected chi connectivity index (χ4v) is 2.79. The van der Waals surface area contributed by atoms with Crippen LogP contribution in [0.2, 0.25) is 0 Å². The van der Waals surface area contributed by atoms with Gasteiger partial charge in [-0.05, 0) is 49.2 Å². The lowest BCUT2D eigenvalue weighted by Crippen LogP contribution is -2.24. The normalized spacial score (nSPS) is 16.3. The van der Waals surface area contributed by atoms with Gasteiger partial charge in [0.2, 0.25) is 0 Å². The monoisotopic (exact) mass is 312 g/mol. The third kappa shape index (κ3) is 4.24. The Morgan fingerprint density at radius 3 is 2.83 bits per heavy atom. The molecule has 1 heterocycles. The average molecular weight is 312 g/mol. The van der Waals surface area contributed by atoms with Crippen LogP contribution >= 0.6 is 0 Å². The van der Waals surface area contributed by atoms with Gasteiger partial charge in [0.15, 0.2) is 0 Å². The highest BCUT2D eigenvalue weighted by atomic mass is 16.5. The molecule has 0 amide bonds. The fourth-order valence-electron chi connectivity index (χ4n) is 2.79. The zero-order chi connectivity index (χ0) is 15.9. The second-order valence-electron chi connectivity index (χ2n) is 5.81. The van der Waals surface area contributed by atoms with Crippen LogP contribution in [0.3, 0.4) is 0 Å². The number of aliphatic hydroxyl groups is 1. The number of benzene rings is 2. The Kier molecular flexibility index (Phi) is 5.51. The first-order valence-electron chi connectivity index (χ1n) is 8.27. The maximum absolute atomic E-state index is 8.76. The van der Waals surface area contributed by atoms with Gasteiger partial charge in [-0.2, -0.15) is 0 Å². The predicted molar refractivity (Wildman–Crippen MR) is 93.0 cm³/mol. The average Bonchev–Trinajstić information content (AvgIpc) is 2.62. The van der Waals surface area contributed by atoms with Crippen LogP contribution in [0.1, 0.15) is 23.7 Å². The molecule has 0 saturated heterocycles. The summed E-state index contributed by atoms with van der Waals surface area (Å²) >= 11 is 0. The lowest BCUT2D eigenvalue weighted by Gasteiger charge is -2.28. The molecule has 4 heteroatoms. The number of ether oxygens (including phenoxy) is 1. The summed E-state index contributed by atoms with van der Waals surface area (Å²) in [7, 11) is 0. The van der Waals surface area contributed by atoms with Gasteiger partial charge in [-0.15, -0.1) is 0 Å². The van der Waals surface area contributed by atoms with E-state index >= 15 is 0 Å². The van der Waals surface area contributed by atoms with Gasteiger partial charge < -0.3 is 20.5 Å². The molecule has 0 aliphatic carbocycles. The Morgan fingerprint density at radius 2 is 2.00 bits per heavy atom. The van der Waals surface area contributed by atoms with Crippen molar-refractivity contribution in [2.75, 3.05) is 31.6 Å². The molecule has 0 saturated carbocycles. The van der Waals surface area contributed by atoms with Crippen LogP contribution in [-0.2, 0) is 6.42 Å². The molecular formula is C19H24N2O2. The predicted octanol–water partition coefficient (Wildman–Crippen LogP) is 2.75. The number of nitrogens with one attached hydrogen (secondary N) is 2. The summed E-state index contributed by atoms with van der Waals surface area (Å²) in [6.07, 6.45) is 1.85. The van der Waals surface area contributed by atoms with E-state index in [1.807, 2.05) is 18.2 Å². The van der Waals surface area contributed by atoms with Gasteiger partial charge in [0, 0.05) is 6.61 Å². The summed E-state index contributed by atoms with van der Waals surface area (Å²) in [4.78, 5) is 0. The smallest absolute Gasteiger partial charge is 0.143 e. The number of fused-ring (bicyclic) bond motifs is 1. The number of rotatable bonds is 7. The van der Waals surface area contributed by atoms with Crippen molar-refractivity contribution in [1.82, 2.24) is 5.32 Å². The van der Waals surface area contributed by atoms with E-state index in [0.29, 0.717) is 0 Å². The van der Waals surface area contributed by atoms with E-state index < -0.39 is 0 Å². The molecule has 0 spiro atoms. The minimum absolute atomic E-state index is 0.0645. The first kappa shape index (κ1) is 15.8. The van der Waals surface area contributed by atoms with E-state index in [1.165, 1.54) is 11.1 Å². The first-order chi connectivity index (χ1) is 11.4. The molecule has 1 unspecified atom stereocenters. The number of anilines is 1. The van der Waals surface area contributed by atoms with Crippen LogP contribution in [0, 0.1) is 0 Å². The van der Waals surface area contributed by atoms with Gasteiger partial charge in [0.1, 0.15) is 11.9 Å². The van der Waals surface area contributed by atoms with Crippen LogP contribution < -0.4 is 15.4 Å². The SMILES string of the molecule is OCCCNCCc1ccc2c(c1)NCC(c1ccccc1)O2. The highest BCUT2D eigenvalue weighted by Crippen LogP contribution is 2.34. The van der Waals surface area contributed by atoms with Crippen molar-refractivity contribution in [1.29, 1.82) is 0 Å². The number of aliphatic hydroxyl groups excluding tert-OH is 1. The highest BCUT2D eigenvalue weighted by molar-refractivity contribution is 5.60. The van der Waals surface area contributed by atoms with Crippen molar-refractivity contribution in [2.24, 2.45) is 0 Å². The molecule has 0 fully saturated rings. The van der Waals surface area contributed by atoms with Crippen molar-refractivity contribution < 1.29 is 9.84 Å². The quantitative estimate of drug-likeness (QED) is 0.688. The molecule has 3 rings (SSSR count). The molecule has 0 aromatic heterocycles. The van der Waals surface area contributed by atoms with Crippen molar-refractivity contribution >= 4 is 5.69 Å². The van der Waals surface area contributed by atoms with E-state index in [9.17, 15) is 0 Å². The molecule has 1 aliphatic rings. The Hall–Kier alpha value is -2.04. The molecule has 23 heavy (non-hydrogen) atoms. The molecule has 0 bridgehead atoms. The topological polar surface area (TPSA) is 53.5 Å². The molecule has 0 radical (unpaired) electrons. The molecule has 4 nitrogen and oxygen atoms in total. The minimum Gasteiger partial charge on any atom is -0.482 e. The van der Waals surface area contributed by atoms with Crippen LogP contribution in [0.5, 0.6) is 5.75 Å². The Bertz CT molecular complexity index is 616. The van der Waals surface area contributed by atoms with Gasteiger partial charge in [0.25, 0.3) is 0 Å². The van der Waals surface area contributed by atoms with Crippen LogP contribution in [0.25, 0.3) is 0 Å². The van der Waals surface area contributed by atoms with Crippen LogP contribution in [0.4, 0.5) is 5.69 Å². The highest BCUT2D eigenvalue weighted by Gasteiger charge is 2.20. The fraction of sp³-hybridized carbons (Fsp3) is 0.368. The summed E-state index contributed by atoms with van der Waals surface area (Å²) in [6, 6.07) is 16.7. The minimum atomic E-state index is 0.0645. The standard InChI is InChI=1S/C19H24N2O2/c22-12-4-10-20-11-9-15-7-8-18-17(13-15)21-14-19(23-18)16-5-2-1-3-6-16/h1-3,5-8,13,19-22H,4,9-12,14H2. The third-order valence-corrected chi connectivity index (χ3v) is 4.06. The maximum atomic E-state index is 8.76. The molecule has 2 aromatic rings. The van der Waals surface area contributed by atoms with Gasteiger partial charge in [-0.25, -0.2) is 0 Å². The van der Waals surface area contributed by atoms with Gasteiger partial charge in [-0.3, -0.25) is 0 Å². The van der Waals surface area contributed by atoms with Gasteiger partial charge in [-0.1, -0.05) is 36.4 Å². The summed E-state index contributed by atoms with van der Waals surface area (Å²) in [5, 5.41) is 15.6. The van der Waals surface area contributed by atoms with E-state index in [1.54, 1.807) is 0 Å². The van der Waals surface area contributed by atoms with Gasteiger partial charge in [0.05, 0.1) is 12.2 Å². The molecule has 1 atom stereocenters. The van der Waals surface area contributed by atoms with E-state index in [2.05, 4.69) is 41.0 Å². The largest absolute Gasteiger partial charge is 0.482 e. The molecule has 3 N–H and O–H groups in total. The van der Waals surface area contributed by atoms with Crippen LogP contribution in [0.15, 0.2) is 48.5 Å². The lowest BCUT2D eigenvalue weighted by atomic mass is 10.1. The van der Waals surface area contributed by atoms with Crippen molar-refractivity contribution in [3.8, 4) is 5.75 Å². The summed E-state index contributed by atoms with van der Waals surface area (Å²) < 4.78 is 6.12. The maximum Gasteiger partial charge on any atom is 0.143 e. The molecular weight excluding hydrogens is 288 g/mol. The second kappa shape index (κ2) is 7.99. The molecule has 1 aliphatic heterocycles. The summed E-state index contributed by atoms with van der Waals surface area (Å²) in [5.74, 6) is 0.919. The number of hydrogen-bond donors (Lipinski definition) is 3. The molecule has 2 aromatic carbocycles. The van der Waals surface area contributed by atoms with E-state index in [-0.39, 0.29) is 12.7 Å². The van der Waals surface area contributed by atoms with Crippen molar-refractivity contribution in [3.05, 3.63) is 59.7 Å². The van der Waals surface area contributed by atoms with E-state index in [0.717, 1.165) is 43.9 Å². The van der Waals surface area contributed by atoms with E-state index in [4.69, 9.17) is 9.84 Å². The van der Waals surface area contributed by atoms with Crippen LogP contribution in [-0.4, -0.2) is 31.3 Å². The Balaban J connectivity index is 1.58.